The maximum absolute atomic E-state index is 12.9. The quantitative estimate of drug-likeness (QED) is 0.603. The van der Waals surface area contributed by atoms with Crippen LogP contribution in [0.4, 0.5) is 5.13 Å². The van der Waals surface area contributed by atoms with Crippen LogP contribution in [0.1, 0.15) is 35.8 Å². The van der Waals surface area contributed by atoms with E-state index in [1.54, 1.807) is 28.5 Å². The normalized spacial score (nSPS) is 17.9. The lowest BCUT2D eigenvalue weighted by atomic mass is 10.1. The van der Waals surface area contributed by atoms with Crippen LogP contribution in [0, 0.1) is 25.2 Å². The molecule has 140 valence electrons. The van der Waals surface area contributed by atoms with E-state index in [4.69, 9.17) is 0 Å². The monoisotopic (exact) mass is 381 g/mol. The number of carbonyl (C=O) groups is 1. The standard InChI is InChI=1S/C20H23N5OS/c1-14-11-16(15(2)25(14)18-3-4-18)12-17(13-21)19(26)23-6-8-24(9-7-23)20-22-5-10-27-20/h5,10-12,18H,3-4,6-9H2,1-2H3/b17-12+. The Morgan fingerprint density at radius 3 is 2.63 bits per heavy atom. The number of thiazole rings is 1. The first-order valence-corrected chi connectivity index (χ1v) is 10.2. The van der Waals surface area contributed by atoms with Gasteiger partial charge in [0.15, 0.2) is 5.13 Å². The zero-order chi connectivity index (χ0) is 19.0. The SMILES string of the molecule is Cc1cc(/C=C(\C#N)C(=O)N2CCN(c3nccs3)CC2)c(C)n1C1CC1. The van der Waals surface area contributed by atoms with E-state index in [0.29, 0.717) is 19.1 Å². The number of hydrogen-bond donors (Lipinski definition) is 0. The number of aromatic nitrogens is 2. The molecule has 3 heterocycles. The van der Waals surface area contributed by atoms with Crippen molar-refractivity contribution in [3.05, 3.63) is 40.2 Å². The zero-order valence-corrected chi connectivity index (χ0v) is 16.5. The number of anilines is 1. The fraction of sp³-hybridized carbons (Fsp3) is 0.450. The summed E-state index contributed by atoms with van der Waals surface area (Å²) in [6, 6.07) is 4.80. The minimum Gasteiger partial charge on any atom is -0.346 e. The molecular weight excluding hydrogens is 358 g/mol. The summed E-state index contributed by atoms with van der Waals surface area (Å²) in [5.41, 5.74) is 3.53. The second-order valence-electron chi connectivity index (χ2n) is 7.19. The van der Waals surface area contributed by atoms with Gasteiger partial charge < -0.3 is 14.4 Å². The van der Waals surface area contributed by atoms with Gasteiger partial charge in [0.2, 0.25) is 0 Å². The molecule has 2 aromatic rings. The van der Waals surface area contributed by atoms with Gasteiger partial charge in [0.25, 0.3) is 5.91 Å². The molecule has 0 radical (unpaired) electrons. The van der Waals surface area contributed by atoms with Crippen molar-refractivity contribution in [3.8, 4) is 6.07 Å². The number of nitrogens with zero attached hydrogens (tertiary/aromatic N) is 5. The van der Waals surface area contributed by atoms with Gasteiger partial charge in [-0.25, -0.2) is 4.98 Å². The van der Waals surface area contributed by atoms with Gasteiger partial charge in [0.1, 0.15) is 11.6 Å². The van der Waals surface area contributed by atoms with Gasteiger partial charge in [0, 0.05) is 55.2 Å². The molecule has 0 unspecified atom stereocenters. The van der Waals surface area contributed by atoms with Crippen molar-refractivity contribution in [2.24, 2.45) is 0 Å². The summed E-state index contributed by atoms with van der Waals surface area (Å²) in [7, 11) is 0. The molecular formula is C20H23N5OS. The van der Waals surface area contributed by atoms with Crippen LogP contribution in [0.25, 0.3) is 6.08 Å². The van der Waals surface area contributed by atoms with Crippen LogP contribution in [0.15, 0.2) is 23.2 Å². The third-order valence-electron chi connectivity index (χ3n) is 5.34. The molecule has 4 rings (SSSR count). The summed E-state index contributed by atoms with van der Waals surface area (Å²) in [6.45, 7) is 6.87. The number of hydrogen-bond acceptors (Lipinski definition) is 5. The van der Waals surface area contributed by atoms with Crippen molar-refractivity contribution >= 4 is 28.5 Å². The highest BCUT2D eigenvalue weighted by atomic mass is 32.1. The Morgan fingerprint density at radius 2 is 2.04 bits per heavy atom. The van der Waals surface area contributed by atoms with Crippen molar-refractivity contribution in [3.63, 3.8) is 0 Å². The molecule has 0 atom stereocenters. The first-order chi connectivity index (χ1) is 13.1. The summed E-state index contributed by atoms with van der Waals surface area (Å²) in [5.74, 6) is -0.174. The van der Waals surface area contributed by atoms with Gasteiger partial charge in [-0.2, -0.15) is 5.26 Å². The lowest BCUT2D eigenvalue weighted by Gasteiger charge is -2.34. The summed E-state index contributed by atoms with van der Waals surface area (Å²) >= 11 is 1.61. The second kappa shape index (κ2) is 7.20. The average molecular weight is 382 g/mol. The molecule has 7 heteroatoms. The predicted octanol–water partition coefficient (Wildman–Crippen LogP) is 3.15. The topological polar surface area (TPSA) is 65.2 Å². The highest BCUT2D eigenvalue weighted by molar-refractivity contribution is 7.13. The smallest absolute Gasteiger partial charge is 0.264 e. The number of aryl methyl sites for hydroxylation is 1. The largest absolute Gasteiger partial charge is 0.346 e. The van der Waals surface area contributed by atoms with Crippen molar-refractivity contribution < 1.29 is 4.79 Å². The minimum atomic E-state index is -0.174. The van der Waals surface area contributed by atoms with Crippen molar-refractivity contribution in [2.45, 2.75) is 32.7 Å². The number of carbonyl (C=O) groups excluding carboxylic acids is 1. The maximum Gasteiger partial charge on any atom is 0.264 e. The molecule has 27 heavy (non-hydrogen) atoms. The van der Waals surface area contributed by atoms with Gasteiger partial charge in [-0.3, -0.25) is 4.79 Å². The van der Waals surface area contributed by atoms with Crippen LogP contribution in [0.3, 0.4) is 0 Å². The molecule has 1 aliphatic carbocycles. The summed E-state index contributed by atoms with van der Waals surface area (Å²) in [4.78, 5) is 21.2. The fourth-order valence-electron chi connectivity index (χ4n) is 3.78. The lowest BCUT2D eigenvalue weighted by Crippen LogP contribution is -2.49. The lowest BCUT2D eigenvalue weighted by molar-refractivity contribution is -0.126. The Balaban J connectivity index is 1.48. The highest BCUT2D eigenvalue weighted by Gasteiger charge is 2.28. The molecule has 0 N–H and O–H groups in total. The van der Waals surface area contributed by atoms with E-state index >= 15 is 0 Å². The third-order valence-corrected chi connectivity index (χ3v) is 6.18. The van der Waals surface area contributed by atoms with E-state index < -0.39 is 0 Å². The van der Waals surface area contributed by atoms with Crippen molar-refractivity contribution in [2.75, 3.05) is 31.1 Å². The summed E-state index contributed by atoms with van der Waals surface area (Å²) in [6.07, 6.45) is 5.99. The summed E-state index contributed by atoms with van der Waals surface area (Å²) < 4.78 is 2.33. The van der Waals surface area contributed by atoms with Crippen LogP contribution in [0.2, 0.25) is 0 Å². The first kappa shape index (κ1) is 17.8. The molecule has 1 saturated heterocycles. The number of amides is 1. The Labute approximate surface area is 163 Å². The number of piperazine rings is 1. The Kier molecular flexibility index (Phi) is 4.75. The van der Waals surface area contributed by atoms with Gasteiger partial charge in [-0.1, -0.05) is 0 Å². The van der Waals surface area contributed by atoms with Crippen LogP contribution in [0.5, 0.6) is 0 Å². The van der Waals surface area contributed by atoms with Crippen LogP contribution in [-0.2, 0) is 4.79 Å². The number of nitriles is 1. The van der Waals surface area contributed by atoms with Gasteiger partial charge in [-0.15, -0.1) is 11.3 Å². The van der Waals surface area contributed by atoms with Gasteiger partial charge >= 0.3 is 0 Å². The molecule has 2 fully saturated rings. The van der Waals surface area contributed by atoms with Crippen LogP contribution >= 0.6 is 11.3 Å². The van der Waals surface area contributed by atoms with Gasteiger partial charge in [0.05, 0.1) is 0 Å². The van der Waals surface area contributed by atoms with Crippen LogP contribution < -0.4 is 4.90 Å². The molecule has 2 aliphatic rings. The van der Waals surface area contributed by atoms with E-state index in [0.717, 1.165) is 29.5 Å². The van der Waals surface area contributed by atoms with Gasteiger partial charge in [-0.05, 0) is 44.4 Å². The molecule has 2 aromatic heterocycles. The van der Waals surface area contributed by atoms with Crippen molar-refractivity contribution in [1.82, 2.24) is 14.5 Å². The van der Waals surface area contributed by atoms with Crippen LogP contribution in [-0.4, -0.2) is 46.5 Å². The summed E-state index contributed by atoms with van der Waals surface area (Å²) in [5, 5.41) is 12.5. The highest BCUT2D eigenvalue weighted by Crippen LogP contribution is 2.38. The fourth-order valence-corrected chi connectivity index (χ4v) is 4.48. The molecule has 1 aliphatic heterocycles. The zero-order valence-electron chi connectivity index (χ0n) is 15.7. The Hall–Kier alpha value is -2.59. The average Bonchev–Trinajstić information content (AvgIpc) is 3.26. The van der Waals surface area contributed by atoms with E-state index in [2.05, 4.69) is 40.4 Å². The molecule has 1 saturated carbocycles. The third kappa shape index (κ3) is 3.50. The number of rotatable bonds is 4. The molecule has 0 spiro atoms. The van der Waals surface area contributed by atoms with E-state index in [9.17, 15) is 10.1 Å². The Morgan fingerprint density at radius 1 is 1.30 bits per heavy atom. The second-order valence-corrected chi connectivity index (χ2v) is 8.06. The minimum absolute atomic E-state index is 0.174. The predicted molar refractivity (Wildman–Crippen MR) is 107 cm³/mol. The molecule has 6 nitrogen and oxygen atoms in total. The molecule has 0 bridgehead atoms. The first-order valence-electron chi connectivity index (χ1n) is 9.32. The van der Waals surface area contributed by atoms with Crippen molar-refractivity contribution in [1.29, 1.82) is 5.26 Å². The Bertz CT molecular complexity index is 909. The molecule has 0 aromatic carbocycles. The van der Waals surface area contributed by atoms with E-state index in [1.165, 1.54) is 18.5 Å². The molecule has 1 amide bonds. The maximum atomic E-state index is 12.9. The van der Waals surface area contributed by atoms with E-state index in [-0.39, 0.29) is 11.5 Å². The van der Waals surface area contributed by atoms with E-state index in [1.807, 2.05) is 5.38 Å².